The van der Waals surface area contributed by atoms with Crippen LogP contribution in [0.1, 0.15) is 50.5 Å². The Morgan fingerprint density at radius 2 is 2.18 bits per heavy atom. The average Bonchev–Trinajstić information content (AvgIpc) is 3.16. The van der Waals surface area contributed by atoms with Crippen LogP contribution in [0.4, 0.5) is 0 Å². The molecule has 1 fully saturated rings. The van der Waals surface area contributed by atoms with Crippen molar-refractivity contribution in [2.24, 2.45) is 12.2 Å². The van der Waals surface area contributed by atoms with Crippen LogP contribution in [0.5, 0.6) is 0 Å². The van der Waals surface area contributed by atoms with Gasteiger partial charge in [0.15, 0.2) is 0 Å². The van der Waals surface area contributed by atoms with Gasteiger partial charge in [-0.15, -0.1) is 0 Å². The fraction of sp³-hybridized carbons (Fsp3) is 0.688. The van der Waals surface area contributed by atoms with Gasteiger partial charge in [0.05, 0.1) is 18.3 Å². The lowest BCUT2D eigenvalue weighted by atomic mass is 9.91. The van der Waals surface area contributed by atoms with E-state index >= 15 is 0 Å². The molecule has 1 aromatic rings. The summed E-state index contributed by atoms with van der Waals surface area (Å²) in [5, 5.41) is 8.26. The molecule has 0 saturated carbocycles. The lowest BCUT2D eigenvalue weighted by molar-refractivity contribution is -0.134. The highest BCUT2D eigenvalue weighted by Gasteiger charge is 2.28. The molecule has 0 bridgehead atoms. The van der Waals surface area contributed by atoms with Gasteiger partial charge in [0.25, 0.3) is 0 Å². The molecule has 2 aliphatic rings. The molecule has 3 heterocycles. The van der Waals surface area contributed by atoms with Crippen LogP contribution in [0.2, 0.25) is 0 Å². The third-order valence-electron chi connectivity index (χ3n) is 4.65. The molecule has 0 N–H and O–H groups in total. The number of amides is 1. The minimum atomic E-state index is -0.0569. The number of carbonyl (C=O) groups is 1. The zero-order valence-electron chi connectivity index (χ0n) is 13.4. The van der Waals surface area contributed by atoms with Gasteiger partial charge in [-0.3, -0.25) is 9.48 Å². The summed E-state index contributed by atoms with van der Waals surface area (Å²) >= 11 is 0. The van der Waals surface area contributed by atoms with Crippen LogP contribution in [0.3, 0.4) is 0 Å². The van der Waals surface area contributed by atoms with Gasteiger partial charge in [-0.05, 0) is 30.7 Å². The molecule has 6 heteroatoms. The molecular weight excluding hydrogens is 280 g/mol. The van der Waals surface area contributed by atoms with E-state index in [-0.39, 0.29) is 12.0 Å². The van der Waals surface area contributed by atoms with Crippen molar-refractivity contribution in [2.45, 2.75) is 51.0 Å². The van der Waals surface area contributed by atoms with E-state index in [2.05, 4.69) is 23.4 Å². The topological polar surface area (TPSA) is 59.7 Å². The average molecular weight is 304 g/mol. The zero-order chi connectivity index (χ0) is 15.5. The number of hydrogen-bond acceptors (Lipinski definition) is 4. The molecule has 0 spiro atoms. The van der Waals surface area contributed by atoms with Crippen LogP contribution >= 0.6 is 0 Å². The summed E-state index contributed by atoms with van der Waals surface area (Å²) in [7, 11) is 1.94. The number of aryl methyl sites for hydroxylation is 1. The van der Waals surface area contributed by atoms with Gasteiger partial charge >= 0.3 is 0 Å². The molecule has 1 aromatic heterocycles. The molecule has 0 aliphatic carbocycles. The summed E-state index contributed by atoms with van der Waals surface area (Å²) in [4.78, 5) is 19.7. The molecule has 2 aliphatic heterocycles. The van der Waals surface area contributed by atoms with Gasteiger partial charge in [0.1, 0.15) is 6.10 Å². The predicted octanol–water partition coefficient (Wildman–Crippen LogP) is 2.07. The maximum Gasteiger partial charge on any atom is 0.226 e. The first-order chi connectivity index (χ1) is 10.7. The lowest BCUT2D eigenvalue weighted by Gasteiger charge is -2.32. The highest BCUT2D eigenvalue weighted by atomic mass is 16.6. The predicted molar refractivity (Wildman–Crippen MR) is 83.6 cm³/mol. The number of rotatable bonds is 4. The summed E-state index contributed by atoms with van der Waals surface area (Å²) in [6, 6.07) is 0. The Morgan fingerprint density at radius 3 is 2.77 bits per heavy atom. The van der Waals surface area contributed by atoms with Crippen LogP contribution in [-0.2, 0) is 16.7 Å². The number of carbonyl (C=O) groups excluding carboxylic acids is 1. The van der Waals surface area contributed by atoms with Gasteiger partial charge in [0.2, 0.25) is 5.91 Å². The second-order valence-electron chi connectivity index (χ2n) is 6.25. The summed E-state index contributed by atoms with van der Waals surface area (Å²) < 4.78 is 1.84. The van der Waals surface area contributed by atoms with E-state index < -0.39 is 0 Å². The minimum absolute atomic E-state index is 0.0569. The summed E-state index contributed by atoms with van der Waals surface area (Å²) in [5.74, 6) is 0.720. The molecule has 6 nitrogen and oxygen atoms in total. The van der Waals surface area contributed by atoms with Crippen molar-refractivity contribution in [3.63, 3.8) is 0 Å². The molecule has 1 atom stereocenters. The quantitative estimate of drug-likeness (QED) is 0.855. The van der Waals surface area contributed by atoms with Crippen LogP contribution in [0.25, 0.3) is 0 Å². The maximum atomic E-state index is 12.4. The number of nitrogens with zero attached hydrogens (tertiary/aromatic N) is 4. The Morgan fingerprint density at radius 1 is 1.41 bits per heavy atom. The van der Waals surface area contributed by atoms with Gasteiger partial charge in [-0.1, -0.05) is 12.1 Å². The number of likely N-dealkylation sites (tertiary alicyclic amines) is 1. The van der Waals surface area contributed by atoms with E-state index in [4.69, 9.17) is 4.84 Å². The Balaban J connectivity index is 1.46. The second kappa shape index (κ2) is 6.50. The monoisotopic (exact) mass is 304 g/mol. The molecule has 120 valence electrons. The fourth-order valence-corrected chi connectivity index (χ4v) is 3.24. The van der Waals surface area contributed by atoms with Crippen molar-refractivity contribution >= 4 is 11.6 Å². The molecule has 1 saturated heterocycles. The summed E-state index contributed by atoms with van der Waals surface area (Å²) in [6.07, 6.45) is 8.15. The van der Waals surface area contributed by atoms with E-state index in [0.717, 1.165) is 44.5 Å². The van der Waals surface area contributed by atoms with Gasteiger partial charge in [-0.2, -0.15) is 5.10 Å². The molecule has 1 unspecified atom stereocenters. The van der Waals surface area contributed by atoms with Crippen molar-refractivity contribution in [1.82, 2.24) is 14.7 Å². The first-order valence-corrected chi connectivity index (χ1v) is 8.13. The summed E-state index contributed by atoms with van der Waals surface area (Å²) in [5.41, 5.74) is 2.35. The number of hydrogen-bond donors (Lipinski definition) is 0. The Labute approximate surface area is 131 Å². The van der Waals surface area contributed by atoms with E-state index in [1.807, 2.05) is 22.8 Å². The van der Waals surface area contributed by atoms with E-state index in [1.54, 1.807) is 0 Å². The highest BCUT2D eigenvalue weighted by molar-refractivity contribution is 5.86. The smallest absolute Gasteiger partial charge is 0.226 e. The van der Waals surface area contributed by atoms with Crippen LogP contribution < -0.4 is 0 Å². The van der Waals surface area contributed by atoms with Crippen molar-refractivity contribution in [3.05, 3.63) is 18.0 Å². The Bertz CT molecular complexity index is 558. The standard InChI is InChI=1S/C16H24N4O2/c1-3-14-8-15(22-18-14)9-16(21)20-6-4-12(5-7-20)13-10-17-19(2)11-13/h10-12,15H,3-9H2,1-2H3. The van der Waals surface area contributed by atoms with Crippen molar-refractivity contribution < 1.29 is 9.63 Å². The Hall–Kier alpha value is -1.85. The molecule has 22 heavy (non-hydrogen) atoms. The molecule has 1 amide bonds. The molecule has 0 aromatic carbocycles. The van der Waals surface area contributed by atoms with Crippen molar-refractivity contribution in [1.29, 1.82) is 0 Å². The largest absolute Gasteiger partial charge is 0.392 e. The molecule has 3 rings (SSSR count). The molecule has 0 radical (unpaired) electrons. The van der Waals surface area contributed by atoms with Gasteiger partial charge < -0.3 is 9.74 Å². The number of oxime groups is 1. The fourth-order valence-electron chi connectivity index (χ4n) is 3.24. The number of piperidine rings is 1. The van der Waals surface area contributed by atoms with Gasteiger partial charge in [-0.25, -0.2) is 0 Å². The second-order valence-corrected chi connectivity index (χ2v) is 6.25. The van der Waals surface area contributed by atoms with E-state index in [0.29, 0.717) is 12.3 Å². The summed E-state index contributed by atoms with van der Waals surface area (Å²) in [6.45, 7) is 3.72. The van der Waals surface area contributed by atoms with Crippen LogP contribution in [-0.4, -0.2) is 45.5 Å². The highest BCUT2D eigenvalue weighted by Crippen LogP contribution is 2.28. The third kappa shape index (κ3) is 3.31. The van der Waals surface area contributed by atoms with Crippen LogP contribution in [0, 0.1) is 0 Å². The minimum Gasteiger partial charge on any atom is -0.392 e. The van der Waals surface area contributed by atoms with Crippen LogP contribution in [0.15, 0.2) is 17.5 Å². The van der Waals surface area contributed by atoms with Gasteiger partial charge in [0, 0.05) is 32.8 Å². The first kappa shape index (κ1) is 15.1. The molecular formula is C16H24N4O2. The van der Waals surface area contributed by atoms with E-state index in [1.165, 1.54) is 5.56 Å². The maximum absolute atomic E-state index is 12.4. The first-order valence-electron chi connectivity index (χ1n) is 8.13. The normalized spacial score (nSPS) is 22.5. The Kier molecular flexibility index (Phi) is 4.45. The zero-order valence-corrected chi connectivity index (χ0v) is 13.4. The lowest BCUT2D eigenvalue weighted by Crippen LogP contribution is -2.39. The van der Waals surface area contributed by atoms with Crippen molar-refractivity contribution in [2.75, 3.05) is 13.1 Å². The third-order valence-corrected chi connectivity index (χ3v) is 4.65. The SMILES string of the molecule is CCC1=NOC(CC(=O)N2CCC(c3cnn(C)c3)CC2)C1. The van der Waals surface area contributed by atoms with E-state index in [9.17, 15) is 4.79 Å². The van der Waals surface area contributed by atoms with Crippen molar-refractivity contribution in [3.8, 4) is 0 Å². The number of aromatic nitrogens is 2.